The third kappa shape index (κ3) is 4.78. The van der Waals surface area contributed by atoms with E-state index in [1.807, 2.05) is 0 Å². The fourth-order valence-corrected chi connectivity index (χ4v) is 3.70. The molecule has 0 aromatic rings. The maximum Gasteiger partial charge on any atom is 0.305 e. The van der Waals surface area contributed by atoms with Crippen molar-refractivity contribution in [3.05, 3.63) is 12.3 Å². The smallest absolute Gasteiger partial charge is 0.305 e. The summed E-state index contributed by atoms with van der Waals surface area (Å²) < 4.78 is 20.8. The standard InChI is InChI=1S/C12H18O7Si/c1-5-20-6-10(16-7(2)13)11(17-8(3)14)12(19-20)18-9(4)15/h5,10-12,20H,1,6H2,2-4H3. The average molecular weight is 302 g/mol. The Morgan fingerprint density at radius 2 is 1.65 bits per heavy atom. The highest BCUT2D eigenvalue weighted by molar-refractivity contribution is 6.58. The van der Waals surface area contributed by atoms with Crippen molar-refractivity contribution >= 4 is 26.9 Å². The predicted molar refractivity (Wildman–Crippen MR) is 69.9 cm³/mol. The van der Waals surface area contributed by atoms with Crippen LogP contribution in [0.15, 0.2) is 12.3 Å². The minimum absolute atomic E-state index is 0.402. The fourth-order valence-electron chi connectivity index (χ4n) is 1.91. The number of carbonyl (C=O) groups is 3. The molecule has 20 heavy (non-hydrogen) atoms. The minimum atomic E-state index is -1.90. The van der Waals surface area contributed by atoms with Gasteiger partial charge in [0, 0.05) is 26.8 Å². The maximum atomic E-state index is 11.2. The molecule has 1 fully saturated rings. The van der Waals surface area contributed by atoms with Gasteiger partial charge in [0.05, 0.1) is 0 Å². The van der Waals surface area contributed by atoms with Gasteiger partial charge >= 0.3 is 17.9 Å². The van der Waals surface area contributed by atoms with E-state index in [-0.39, 0.29) is 0 Å². The van der Waals surface area contributed by atoms with Crippen molar-refractivity contribution in [3.63, 3.8) is 0 Å². The Hall–Kier alpha value is -1.67. The third-order valence-corrected chi connectivity index (χ3v) is 4.65. The summed E-state index contributed by atoms with van der Waals surface area (Å²) in [5.74, 6) is -1.66. The van der Waals surface area contributed by atoms with Gasteiger partial charge in [0.2, 0.25) is 15.3 Å². The number of hydrogen-bond donors (Lipinski definition) is 0. The molecule has 1 rings (SSSR count). The van der Waals surface area contributed by atoms with Crippen molar-refractivity contribution in [2.45, 2.75) is 45.3 Å². The van der Waals surface area contributed by atoms with E-state index in [9.17, 15) is 14.4 Å². The molecule has 1 aliphatic heterocycles. The molecule has 0 saturated carbocycles. The molecular formula is C12H18O7Si. The molecule has 0 radical (unpaired) electrons. The van der Waals surface area contributed by atoms with Gasteiger partial charge in [-0.25, -0.2) is 0 Å². The van der Waals surface area contributed by atoms with Gasteiger partial charge in [0.25, 0.3) is 0 Å². The van der Waals surface area contributed by atoms with Gasteiger partial charge in [0.15, 0.2) is 6.10 Å². The van der Waals surface area contributed by atoms with Crippen LogP contribution < -0.4 is 0 Å². The first-order valence-electron chi connectivity index (χ1n) is 6.13. The van der Waals surface area contributed by atoms with E-state index >= 15 is 0 Å². The lowest BCUT2D eigenvalue weighted by Gasteiger charge is -2.38. The molecular weight excluding hydrogens is 284 g/mol. The average Bonchev–Trinajstić information content (AvgIpc) is 2.30. The Morgan fingerprint density at radius 3 is 2.10 bits per heavy atom. The Morgan fingerprint density at radius 1 is 1.10 bits per heavy atom. The van der Waals surface area contributed by atoms with Crippen LogP contribution in [0.2, 0.25) is 6.04 Å². The van der Waals surface area contributed by atoms with Crippen molar-refractivity contribution in [2.24, 2.45) is 0 Å². The molecule has 0 aliphatic carbocycles. The largest absolute Gasteiger partial charge is 0.459 e. The van der Waals surface area contributed by atoms with E-state index in [0.29, 0.717) is 6.04 Å². The molecule has 0 bridgehead atoms. The Balaban J connectivity index is 2.95. The Kier molecular flexibility index (Phi) is 5.90. The van der Waals surface area contributed by atoms with Crippen LogP contribution in [0.3, 0.4) is 0 Å². The SMILES string of the molecule is C=C[SiH]1CC(OC(C)=O)C(OC(C)=O)C(OC(C)=O)O1. The first-order valence-corrected chi connectivity index (χ1v) is 8.08. The zero-order chi connectivity index (χ0) is 15.3. The second-order valence-corrected chi connectivity index (χ2v) is 6.64. The van der Waals surface area contributed by atoms with Gasteiger partial charge in [-0.2, -0.15) is 0 Å². The first-order chi connectivity index (χ1) is 9.33. The summed E-state index contributed by atoms with van der Waals surface area (Å²) in [5, 5.41) is 0. The fraction of sp³-hybridized carbons (Fsp3) is 0.583. The van der Waals surface area contributed by atoms with Gasteiger partial charge < -0.3 is 18.6 Å². The number of esters is 3. The summed E-state index contributed by atoms with van der Waals surface area (Å²) in [6.07, 6.45) is -2.75. The van der Waals surface area contributed by atoms with E-state index in [1.165, 1.54) is 20.8 Å². The van der Waals surface area contributed by atoms with Crippen LogP contribution >= 0.6 is 0 Å². The van der Waals surface area contributed by atoms with Crippen LogP contribution in [0.5, 0.6) is 0 Å². The topological polar surface area (TPSA) is 88.1 Å². The third-order valence-electron chi connectivity index (χ3n) is 2.57. The highest BCUT2D eigenvalue weighted by Crippen LogP contribution is 2.26. The summed E-state index contributed by atoms with van der Waals surface area (Å²) in [7, 11) is -1.90. The zero-order valence-electron chi connectivity index (χ0n) is 11.7. The van der Waals surface area contributed by atoms with E-state index < -0.39 is 45.4 Å². The van der Waals surface area contributed by atoms with Crippen LogP contribution in [-0.4, -0.2) is 45.4 Å². The van der Waals surface area contributed by atoms with Crippen molar-refractivity contribution in [1.29, 1.82) is 0 Å². The van der Waals surface area contributed by atoms with Gasteiger partial charge in [-0.05, 0) is 0 Å². The van der Waals surface area contributed by atoms with Crippen molar-refractivity contribution in [2.75, 3.05) is 0 Å². The highest BCUT2D eigenvalue weighted by Gasteiger charge is 2.44. The van der Waals surface area contributed by atoms with Gasteiger partial charge in [-0.15, -0.1) is 6.58 Å². The van der Waals surface area contributed by atoms with E-state index in [0.717, 1.165) is 0 Å². The number of ether oxygens (including phenoxy) is 3. The van der Waals surface area contributed by atoms with E-state index in [1.54, 1.807) is 5.70 Å². The molecule has 8 heteroatoms. The molecule has 0 N–H and O–H groups in total. The van der Waals surface area contributed by atoms with Crippen LogP contribution in [0, 0.1) is 0 Å². The molecule has 0 amide bonds. The van der Waals surface area contributed by atoms with Gasteiger partial charge in [-0.3, -0.25) is 14.4 Å². The van der Waals surface area contributed by atoms with Gasteiger partial charge in [-0.1, -0.05) is 5.70 Å². The molecule has 1 aliphatic rings. The molecule has 4 unspecified atom stereocenters. The summed E-state index contributed by atoms with van der Waals surface area (Å²) in [5.41, 5.74) is 1.64. The van der Waals surface area contributed by atoms with Crippen LogP contribution in [-0.2, 0) is 33.0 Å². The number of hydrogen-bond acceptors (Lipinski definition) is 7. The molecule has 0 spiro atoms. The van der Waals surface area contributed by atoms with Crippen LogP contribution in [0.25, 0.3) is 0 Å². The van der Waals surface area contributed by atoms with Crippen molar-refractivity contribution in [1.82, 2.24) is 0 Å². The monoisotopic (exact) mass is 302 g/mol. The quantitative estimate of drug-likeness (QED) is 0.417. The molecule has 1 saturated heterocycles. The van der Waals surface area contributed by atoms with Crippen LogP contribution in [0.1, 0.15) is 20.8 Å². The summed E-state index contributed by atoms with van der Waals surface area (Å²) in [6.45, 7) is 7.33. The van der Waals surface area contributed by atoms with Gasteiger partial charge in [0.1, 0.15) is 6.10 Å². The molecule has 112 valence electrons. The molecule has 4 atom stereocenters. The Bertz CT molecular complexity index is 383. The lowest BCUT2D eigenvalue weighted by atomic mass is 10.2. The van der Waals surface area contributed by atoms with Crippen molar-refractivity contribution < 1.29 is 33.0 Å². The lowest BCUT2D eigenvalue weighted by Crippen LogP contribution is -2.54. The summed E-state index contributed by atoms with van der Waals surface area (Å²) in [6, 6.07) is 0.402. The predicted octanol–water partition coefficient (Wildman–Crippen LogP) is 0.218. The summed E-state index contributed by atoms with van der Waals surface area (Å²) >= 11 is 0. The molecule has 1 heterocycles. The number of rotatable bonds is 4. The molecule has 0 aromatic heterocycles. The lowest BCUT2D eigenvalue weighted by molar-refractivity contribution is -0.213. The summed E-state index contributed by atoms with van der Waals surface area (Å²) in [4.78, 5) is 33.4. The Labute approximate surface area is 118 Å². The number of carbonyl (C=O) groups excluding carboxylic acids is 3. The van der Waals surface area contributed by atoms with Crippen LogP contribution in [0.4, 0.5) is 0 Å². The molecule has 0 aromatic carbocycles. The minimum Gasteiger partial charge on any atom is -0.459 e. The van der Waals surface area contributed by atoms with E-state index in [4.69, 9.17) is 18.6 Å². The maximum absolute atomic E-state index is 11.2. The second-order valence-electron chi connectivity index (χ2n) is 4.35. The first kappa shape index (κ1) is 16.4. The normalized spacial score (nSPS) is 29.1. The van der Waals surface area contributed by atoms with Crippen molar-refractivity contribution in [3.8, 4) is 0 Å². The zero-order valence-corrected chi connectivity index (χ0v) is 12.8. The highest BCUT2D eigenvalue weighted by atomic mass is 28.3. The second kappa shape index (κ2) is 7.20. The van der Waals surface area contributed by atoms with E-state index in [2.05, 4.69) is 6.58 Å². The molecule has 7 nitrogen and oxygen atoms in total.